The predicted octanol–water partition coefficient (Wildman–Crippen LogP) is 14.6. The van der Waals surface area contributed by atoms with Crippen LogP contribution in [0, 0.1) is 0 Å². The molecule has 0 fully saturated rings. The molecule has 0 saturated heterocycles. The number of rotatable bonds is 5. The predicted molar refractivity (Wildman–Crippen MR) is 243 cm³/mol. The zero-order valence-corrected chi connectivity index (χ0v) is 33.2. The molecule has 0 aliphatic heterocycles. The van der Waals surface area contributed by atoms with Gasteiger partial charge in [-0.15, -0.1) is 0 Å². The Morgan fingerprint density at radius 2 is 1.14 bits per heavy atom. The molecule has 12 rings (SSSR count). The fraction of sp³-hybridized carbons (Fsp3) is 0.127. The van der Waals surface area contributed by atoms with Crippen molar-refractivity contribution in [3.05, 3.63) is 192 Å². The van der Waals surface area contributed by atoms with E-state index in [2.05, 4.69) is 207 Å². The minimum absolute atomic E-state index is 0.107. The summed E-state index contributed by atoms with van der Waals surface area (Å²) in [5.74, 6) is 0. The maximum Gasteiger partial charge on any atom is 0.136 e. The molecule has 0 N–H and O–H groups in total. The van der Waals surface area contributed by atoms with Crippen molar-refractivity contribution < 1.29 is 4.42 Å². The Bertz CT molecular complexity index is 3420. The quantitative estimate of drug-likeness (QED) is 0.172. The topological polar surface area (TPSA) is 23.0 Å². The van der Waals surface area contributed by atoms with E-state index in [-0.39, 0.29) is 10.8 Å². The van der Waals surface area contributed by atoms with E-state index in [0.29, 0.717) is 0 Å². The van der Waals surface area contributed by atoms with Crippen molar-refractivity contribution in [2.45, 2.75) is 44.9 Å². The van der Waals surface area contributed by atoms with Gasteiger partial charge in [0.2, 0.25) is 0 Å². The minimum atomic E-state index is -0.308. The number of hydrogen-bond acceptors (Lipinski definition) is 1. The van der Waals surface area contributed by atoms with E-state index in [4.69, 9.17) is 4.42 Å². The lowest BCUT2D eigenvalue weighted by Gasteiger charge is -2.32. The number of para-hydroxylation sites is 3. The molecule has 278 valence electrons. The van der Waals surface area contributed by atoms with Crippen LogP contribution >= 0.6 is 0 Å². The van der Waals surface area contributed by atoms with Crippen LogP contribution in [0.3, 0.4) is 0 Å². The Balaban J connectivity index is 1.01. The van der Waals surface area contributed by atoms with Crippen molar-refractivity contribution in [1.82, 2.24) is 9.13 Å². The Kier molecular flexibility index (Phi) is 6.80. The van der Waals surface area contributed by atoms with Gasteiger partial charge in [-0.1, -0.05) is 143 Å². The van der Waals surface area contributed by atoms with Gasteiger partial charge in [0.15, 0.2) is 0 Å². The molecule has 0 amide bonds. The summed E-state index contributed by atoms with van der Waals surface area (Å²) in [7, 11) is 0. The lowest BCUT2D eigenvalue weighted by Crippen LogP contribution is -2.22. The maximum absolute atomic E-state index is 6.66. The molecule has 3 heterocycles. The van der Waals surface area contributed by atoms with Gasteiger partial charge in [-0.05, 0) is 99.8 Å². The van der Waals surface area contributed by atoms with E-state index in [0.717, 1.165) is 17.6 Å². The molecule has 11 aromatic rings. The van der Waals surface area contributed by atoms with Crippen LogP contribution in [-0.4, -0.2) is 9.13 Å². The summed E-state index contributed by atoms with van der Waals surface area (Å²) in [6.07, 6.45) is 0.902. The van der Waals surface area contributed by atoms with Crippen LogP contribution in [0.4, 0.5) is 0 Å². The minimum Gasteiger partial charge on any atom is -0.456 e. The first-order valence-electron chi connectivity index (χ1n) is 20.5. The SMILES string of the molecule is CC(C)(Cc1ccc2c3ccccc3n(-c3ccc4oc5cccc6c5c4c3C(C)(C)c3cccc-6c3)c2c1)c1ccc(-n2c3ccccc3c3ccccc32)cc1. The Hall–Kier alpha value is -6.84. The first-order chi connectivity index (χ1) is 28.3. The smallest absolute Gasteiger partial charge is 0.136 e. The van der Waals surface area contributed by atoms with E-state index in [1.54, 1.807) is 0 Å². The van der Waals surface area contributed by atoms with E-state index in [1.165, 1.54) is 99.1 Å². The van der Waals surface area contributed by atoms with Crippen molar-refractivity contribution in [3.63, 3.8) is 0 Å². The third-order valence-corrected chi connectivity index (χ3v) is 13.3. The molecular weight excluding hydrogens is 705 g/mol. The van der Waals surface area contributed by atoms with Gasteiger partial charge in [0.1, 0.15) is 11.2 Å². The zero-order valence-electron chi connectivity index (χ0n) is 33.2. The molecule has 3 aromatic heterocycles. The summed E-state index contributed by atoms with van der Waals surface area (Å²) in [5, 5.41) is 7.51. The average molecular weight is 747 g/mol. The molecule has 0 spiro atoms. The largest absolute Gasteiger partial charge is 0.456 e. The average Bonchev–Trinajstić information content (AvgIpc) is 3.90. The summed E-state index contributed by atoms with van der Waals surface area (Å²) in [5.41, 5.74) is 16.4. The summed E-state index contributed by atoms with van der Waals surface area (Å²) in [6, 6.07) is 62.9. The van der Waals surface area contributed by atoms with E-state index in [1.807, 2.05) is 0 Å². The second kappa shape index (κ2) is 11.8. The number of aromatic nitrogens is 2. The molecule has 0 atom stereocenters. The van der Waals surface area contributed by atoms with Gasteiger partial charge < -0.3 is 13.6 Å². The fourth-order valence-corrected chi connectivity index (χ4v) is 10.4. The second-order valence-electron chi connectivity index (χ2n) is 17.5. The number of benzene rings is 8. The summed E-state index contributed by atoms with van der Waals surface area (Å²) in [6.45, 7) is 9.52. The molecule has 2 bridgehead atoms. The molecule has 8 aromatic carbocycles. The molecule has 3 nitrogen and oxygen atoms in total. The Labute approximate surface area is 337 Å². The highest BCUT2D eigenvalue weighted by Gasteiger charge is 2.34. The lowest BCUT2D eigenvalue weighted by molar-refractivity contribution is 0.522. The Morgan fingerprint density at radius 3 is 1.84 bits per heavy atom. The summed E-state index contributed by atoms with van der Waals surface area (Å²) in [4.78, 5) is 0. The van der Waals surface area contributed by atoms with Crippen LogP contribution in [0.5, 0.6) is 0 Å². The van der Waals surface area contributed by atoms with Gasteiger partial charge in [0.05, 0.1) is 27.8 Å². The zero-order chi connectivity index (χ0) is 38.9. The molecular formula is C55H42N2O. The highest BCUT2D eigenvalue weighted by atomic mass is 16.3. The normalized spacial score (nSPS) is 13.7. The van der Waals surface area contributed by atoms with Crippen molar-refractivity contribution in [3.8, 4) is 22.5 Å². The van der Waals surface area contributed by atoms with E-state index >= 15 is 0 Å². The van der Waals surface area contributed by atoms with Crippen molar-refractivity contribution >= 4 is 65.6 Å². The Morgan fingerprint density at radius 1 is 0.517 bits per heavy atom. The van der Waals surface area contributed by atoms with Crippen LogP contribution in [0.15, 0.2) is 174 Å². The van der Waals surface area contributed by atoms with E-state index in [9.17, 15) is 0 Å². The summed E-state index contributed by atoms with van der Waals surface area (Å²) >= 11 is 0. The molecule has 0 radical (unpaired) electrons. The molecule has 1 aliphatic rings. The van der Waals surface area contributed by atoms with Gasteiger partial charge in [0.25, 0.3) is 0 Å². The fourth-order valence-electron chi connectivity index (χ4n) is 10.4. The lowest BCUT2D eigenvalue weighted by atomic mass is 9.73. The molecule has 58 heavy (non-hydrogen) atoms. The van der Waals surface area contributed by atoms with Crippen molar-refractivity contribution in [1.29, 1.82) is 0 Å². The first-order valence-corrected chi connectivity index (χ1v) is 20.5. The van der Waals surface area contributed by atoms with Crippen LogP contribution in [0.25, 0.3) is 88.1 Å². The van der Waals surface area contributed by atoms with Crippen molar-refractivity contribution in [2.24, 2.45) is 0 Å². The van der Waals surface area contributed by atoms with Crippen LogP contribution in [0.1, 0.15) is 49.9 Å². The second-order valence-corrected chi connectivity index (χ2v) is 17.5. The molecule has 0 unspecified atom stereocenters. The molecule has 1 aliphatic carbocycles. The number of hydrogen-bond donors (Lipinski definition) is 0. The number of furan rings is 1. The highest BCUT2D eigenvalue weighted by Crippen LogP contribution is 2.50. The standard InChI is InChI=1S/C55H42N2O/c1-54(2,36-24-26-38(27-25-36)56-44-19-8-5-15-40(44)41-16-6-9-20-45(41)56)33-34-23-28-43-42-17-7-10-21-46(42)57(48(43)31-34)47-29-30-50-52-51-39(18-12-22-49(51)58-50)35-13-11-14-37(32-35)55(3,4)53(47)52/h5-32H,33H2,1-4H3. The van der Waals surface area contributed by atoms with Gasteiger partial charge >= 0.3 is 0 Å². The third-order valence-electron chi connectivity index (χ3n) is 13.3. The van der Waals surface area contributed by atoms with Crippen molar-refractivity contribution in [2.75, 3.05) is 0 Å². The van der Waals surface area contributed by atoms with Crippen LogP contribution < -0.4 is 0 Å². The first kappa shape index (κ1) is 33.3. The van der Waals surface area contributed by atoms with Gasteiger partial charge in [0, 0.05) is 43.4 Å². The van der Waals surface area contributed by atoms with Crippen LogP contribution in [0.2, 0.25) is 0 Å². The van der Waals surface area contributed by atoms with E-state index < -0.39 is 0 Å². The van der Waals surface area contributed by atoms with Crippen LogP contribution in [-0.2, 0) is 17.3 Å². The van der Waals surface area contributed by atoms with Gasteiger partial charge in [-0.25, -0.2) is 0 Å². The maximum atomic E-state index is 6.66. The van der Waals surface area contributed by atoms with Gasteiger partial charge in [-0.3, -0.25) is 0 Å². The molecule has 3 heteroatoms. The third kappa shape index (κ3) is 4.62. The summed E-state index contributed by atoms with van der Waals surface area (Å²) < 4.78 is 11.6. The monoisotopic (exact) mass is 746 g/mol. The van der Waals surface area contributed by atoms with Gasteiger partial charge in [-0.2, -0.15) is 0 Å². The number of nitrogens with zero attached hydrogens (tertiary/aromatic N) is 2. The molecule has 0 saturated carbocycles. The highest BCUT2D eigenvalue weighted by molar-refractivity contribution is 6.17. The number of fused-ring (bicyclic) bond motifs is 9.